The molecule has 3 unspecified atom stereocenters. The number of hydrogen-bond acceptors (Lipinski definition) is 3. The van der Waals surface area contributed by atoms with Crippen LogP contribution < -0.4 is 5.32 Å². The summed E-state index contributed by atoms with van der Waals surface area (Å²) in [4.78, 5) is 16.7. The molecule has 0 aromatic heterocycles. The molecule has 17 heavy (non-hydrogen) atoms. The van der Waals surface area contributed by atoms with Gasteiger partial charge in [-0.3, -0.25) is 4.79 Å². The molecule has 0 bridgehead atoms. The molecule has 0 spiro atoms. The molecule has 0 aromatic rings. The van der Waals surface area contributed by atoms with E-state index in [0.717, 1.165) is 26.1 Å². The molecule has 2 rings (SSSR count). The number of carbonyl (C=O) groups excluding carboxylic acids is 1. The van der Waals surface area contributed by atoms with Gasteiger partial charge in [0.2, 0.25) is 5.91 Å². The van der Waals surface area contributed by atoms with E-state index in [2.05, 4.69) is 36.1 Å². The molecule has 2 aliphatic heterocycles. The third-order valence-corrected chi connectivity index (χ3v) is 4.16. The molecule has 0 radical (unpaired) electrons. The van der Waals surface area contributed by atoms with Crippen molar-refractivity contribution in [3.63, 3.8) is 0 Å². The fourth-order valence-corrected chi connectivity index (χ4v) is 3.08. The molecule has 0 aliphatic carbocycles. The SMILES string of the molecule is CC1CN(C(=O)C2CCCCN2)CC1N(C)C. The highest BCUT2D eigenvalue weighted by atomic mass is 16.2. The first kappa shape index (κ1) is 12.8. The van der Waals surface area contributed by atoms with Crippen LogP contribution in [0.15, 0.2) is 0 Å². The average Bonchev–Trinajstić information content (AvgIpc) is 2.71. The molecular weight excluding hydrogens is 214 g/mol. The molecule has 1 N–H and O–H groups in total. The van der Waals surface area contributed by atoms with E-state index in [1.807, 2.05) is 0 Å². The molecule has 4 nitrogen and oxygen atoms in total. The smallest absolute Gasteiger partial charge is 0.239 e. The number of piperidine rings is 1. The first-order valence-electron chi connectivity index (χ1n) is 6.78. The highest BCUT2D eigenvalue weighted by Crippen LogP contribution is 2.22. The molecule has 2 aliphatic rings. The second-order valence-corrected chi connectivity index (χ2v) is 5.75. The van der Waals surface area contributed by atoms with Crippen LogP contribution in [-0.2, 0) is 4.79 Å². The van der Waals surface area contributed by atoms with Crippen LogP contribution in [0.2, 0.25) is 0 Å². The van der Waals surface area contributed by atoms with Gasteiger partial charge in [0, 0.05) is 19.1 Å². The van der Waals surface area contributed by atoms with Crippen LogP contribution in [0.3, 0.4) is 0 Å². The van der Waals surface area contributed by atoms with Gasteiger partial charge in [0.15, 0.2) is 0 Å². The minimum Gasteiger partial charge on any atom is -0.339 e. The van der Waals surface area contributed by atoms with E-state index >= 15 is 0 Å². The zero-order chi connectivity index (χ0) is 12.4. The summed E-state index contributed by atoms with van der Waals surface area (Å²) in [5.41, 5.74) is 0. The Kier molecular flexibility index (Phi) is 4.05. The molecule has 2 heterocycles. The lowest BCUT2D eigenvalue weighted by atomic mass is 10.0. The van der Waals surface area contributed by atoms with E-state index in [0.29, 0.717) is 17.9 Å². The predicted octanol–water partition coefficient (Wildman–Crippen LogP) is 0.537. The lowest BCUT2D eigenvalue weighted by Gasteiger charge is -2.27. The van der Waals surface area contributed by atoms with E-state index < -0.39 is 0 Å². The molecule has 0 aromatic carbocycles. The van der Waals surface area contributed by atoms with E-state index in [9.17, 15) is 4.79 Å². The first-order valence-corrected chi connectivity index (χ1v) is 6.78. The van der Waals surface area contributed by atoms with Crippen molar-refractivity contribution in [2.45, 2.75) is 38.3 Å². The van der Waals surface area contributed by atoms with Gasteiger partial charge in [-0.2, -0.15) is 0 Å². The summed E-state index contributed by atoms with van der Waals surface area (Å²) < 4.78 is 0. The Morgan fingerprint density at radius 3 is 2.59 bits per heavy atom. The number of likely N-dealkylation sites (tertiary alicyclic amines) is 1. The maximum atomic E-state index is 12.4. The predicted molar refractivity (Wildman–Crippen MR) is 68.9 cm³/mol. The normalized spacial score (nSPS) is 34.4. The lowest BCUT2D eigenvalue weighted by Crippen LogP contribution is -2.48. The van der Waals surface area contributed by atoms with Gasteiger partial charge in [0.25, 0.3) is 0 Å². The minimum absolute atomic E-state index is 0.0804. The summed E-state index contributed by atoms with van der Waals surface area (Å²) in [6.45, 7) is 5.05. The van der Waals surface area contributed by atoms with Crippen molar-refractivity contribution >= 4 is 5.91 Å². The molecule has 3 atom stereocenters. The molecule has 98 valence electrons. The minimum atomic E-state index is 0.0804. The van der Waals surface area contributed by atoms with Gasteiger partial charge in [-0.25, -0.2) is 0 Å². The Bertz CT molecular complexity index is 274. The standard InChI is InChI=1S/C13H25N3O/c1-10-8-16(9-12(10)15(2)3)13(17)11-6-4-5-7-14-11/h10-12,14H,4-9H2,1-3H3. The van der Waals surface area contributed by atoms with Gasteiger partial charge < -0.3 is 15.1 Å². The van der Waals surface area contributed by atoms with Crippen molar-refractivity contribution in [1.29, 1.82) is 0 Å². The van der Waals surface area contributed by atoms with Gasteiger partial charge in [-0.1, -0.05) is 13.3 Å². The van der Waals surface area contributed by atoms with Crippen molar-refractivity contribution in [3.05, 3.63) is 0 Å². The summed E-state index contributed by atoms with van der Waals surface area (Å²) in [6, 6.07) is 0.597. The van der Waals surface area contributed by atoms with E-state index in [-0.39, 0.29) is 6.04 Å². The Morgan fingerprint density at radius 2 is 2.06 bits per heavy atom. The number of nitrogens with one attached hydrogen (secondary N) is 1. The van der Waals surface area contributed by atoms with Gasteiger partial charge in [-0.05, 0) is 39.4 Å². The number of likely N-dealkylation sites (N-methyl/N-ethyl adjacent to an activating group) is 1. The molecular formula is C13H25N3O. The van der Waals surface area contributed by atoms with Crippen molar-refractivity contribution < 1.29 is 4.79 Å². The Morgan fingerprint density at radius 1 is 1.29 bits per heavy atom. The third kappa shape index (κ3) is 2.80. The van der Waals surface area contributed by atoms with Crippen LogP contribution in [-0.4, -0.2) is 61.5 Å². The van der Waals surface area contributed by atoms with E-state index in [1.54, 1.807) is 0 Å². The fraction of sp³-hybridized carbons (Fsp3) is 0.923. The summed E-state index contributed by atoms with van der Waals surface area (Å²) in [7, 11) is 4.21. The Balaban J connectivity index is 1.92. The van der Waals surface area contributed by atoms with Crippen LogP contribution in [0.4, 0.5) is 0 Å². The van der Waals surface area contributed by atoms with Crippen molar-refractivity contribution in [2.75, 3.05) is 33.7 Å². The maximum Gasteiger partial charge on any atom is 0.239 e. The van der Waals surface area contributed by atoms with E-state index in [4.69, 9.17) is 0 Å². The van der Waals surface area contributed by atoms with Gasteiger partial charge in [0.05, 0.1) is 6.04 Å². The molecule has 2 fully saturated rings. The van der Waals surface area contributed by atoms with Crippen molar-refractivity contribution in [2.24, 2.45) is 5.92 Å². The quantitative estimate of drug-likeness (QED) is 0.764. The number of amides is 1. The van der Waals surface area contributed by atoms with Crippen LogP contribution in [0.1, 0.15) is 26.2 Å². The number of rotatable bonds is 2. The summed E-state index contributed by atoms with van der Waals surface area (Å²) in [5, 5.41) is 3.35. The Hall–Kier alpha value is -0.610. The highest BCUT2D eigenvalue weighted by Gasteiger charge is 2.36. The monoisotopic (exact) mass is 239 g/mol. The van der Waals surface area contributed by atoms with Crippen LogP contribution >= 0.6 is 0 Å². The zero-order valence-electron chi connectivity index (χ0n) is 11.3. The van der Waals surface area contributed by atoms with Gasteiger partial charge >= 0.3 is 0 Å². The molecule has 2 saturated heterocycles. The maximum absolute atomic E-state index is 12.4. The molecule has 0 saturated carbocycles. The summed E-state index contributed by atoms with van der Waals surface area (Å²) in [5.74, 6) is 0.901. The largest absolute Gasteiger partial charge is 0.339 e. The zero-order valence-corrected chi connectivity index (χ0v) is 11.3. The number of nitrogens with zero attached hydrogens (tertiary/aromatic N) is 2. The van der Waals surface area contributed by atoms with Crippen molar-refractivity contribution in [3.8, 4) is 0 Å². The van der Waals surface area contributed by atoms with Gasteiger partial charge in [0.1, 0.15) is 0 Å². The van der Waals surface area contributed by atoms with Crippen LogP contribution in [0.5, 0.6) is 0 Å². The average molecular weight is 239 g/mol. The summed E-state index contributed by atoms with van der Waals surface area (Å²) >= 11 is 0. The topological polar surface area (TPSA) is 35.6 Å². The first-order chi connectivity index (χ1) is 8.09. The fourth-order valence-electron chi connectivity index (χ4n) is 3.08. The van der Waals surface area contributed by atoms with E-state index in [1.165, 1.54) is 12.8 Å². The van der Waals surface area contributed by atoms with Crippen LogP contribution in [0.25, 0.3) is 0 Å². The second kappa shape index (κ2) is 5.36. The molecule has 4 heteroatoms. The number of carbonyl (C=O) groups is 1. The summed E-state index contributed by atoms with van der Waals surface area (Å²) in [6.07, 6.45) is 3.40. The number of hydrogen-bond donors (Lipinski definition) is 1. The van der Waals surface area contributed by atoms with Gasteiger partial charge in [-0.15, -0.1) is 0 Å². The third-order valence-electron chi connectivity index (χ3n) is 4.16. The highest BCUT2D eigenvalue weighted by molar-refractivity contribution is 5.82. The second-order valence-electron chi connectivity index (χ2n) is 5.75. The Labute approximate surface area is 104 Å². The molecule has 1 amide bonds. The van der Waals surface area contributed by atoms with Crippen LogP contribution in [0, 0.1) is 5.92 Å². The lowest BCUT2D eigenvalue weighted by molar-refractivity contribution is -0.133. The van der Waals surface area contributed by atoms with Crippen molar-refractivity contribution in [1.82, 2.24) is 15.1 Å².